The predicted octanol–water partition coefficient (Wildman–Crippen LogP) is 1.75. The second-order valence-corrected chi connectivity index (χ2v) is 3.94. The molecule has 0 spiro atoms. The lowest BCUT2D eigenvalue weighted by Crippen LogP contribution is -1.90. The van der Waals surface area contributed by atoms with Crippen LogP contribution in [0.4, 0.5) is 0 Å². The number of hydrogen-bond acceptors (Lipinski definition) is 4. The molecule has 0 radical (unpaired) electrons. The summed E-state index contributed by atoms with van der Waals surface area (Å²) in [5, 5.41) is 38.2. The molecular weight excluding hydrogens is 232 g/mol. The number of benzene rings is 2. The summed E-state index contributed by atoms with van der Waals surface area (Å²) in [6.45, 7) is -0.555. The number of aromatic hydroxyl groups is 2. The summed E-state index contributed by atoms with van der Waals surface area (Å²) in [5.41, 5.74) is 1.63. The summed E-state index contributed by atoms with van der Waals surface area (Å²) in [6.07, 6.45) is 0. The van der Waals surface area contributed by atoms with Crippen LogP contribution in [0.15, 0.2) is 36.4 Å². The second kappa shape index (κ2) is 5.08. The van der Waals surface area contributed by atoms with E-state index >= 15 is 0 Å². The lowest BCUT2D eigenvalue weighted by Gasteiger charge is -2.11. The van der Waals surface area contributed by atoms with Crippen LogP contribution in [0.3, 0.4) is 0 Å². The van der Waals surface area contributed by atoms with Crippen molar-refractivity contribution in [1.29, 1.82) is 0 Å². The minimum Gasteiger partial charge on any atom is -0.507 e. The van der Waals surface area contributed by atoms with Gasteiger partial charge in [0.2, 0.25) is 0 Å². The van der Waals surface area contributed by atoms with E-state index in [1.54, 1.807) is 36.4 Å². The van der Waals surface area contributed by atoms with E-state index in [4.69, 9.17) is 10.2 Å². The van der Waals surface area contributed by atoms with Crippen molar-refractivity contribution >= 4 is 0 Å². The van der Waals surface area contributed by atoms with Crippen LogP contribution in [0.2, 0.25) is 0 Å². The monoisotopic (exact) mass is 246 g/mol. The van der Waals surface area contributed by atoms with Crippen LogP contribution in [-0.4, -0.2) is 20.4 Å². The summed E-state index contributed by atoms with van der Waals surface area (Å²) < 4.78 is 0. The van der Waals surface area contributed by atoms with Gasteiger partial charge in [0.15, 0.2) is 0 Å². The fourth-order valence-corrected chi connectivity index (χ4v) is 1.87. The van der Waals surface area contributed by atoms with Crippen molar-refractivity contribution in [2.24, 2.45) is 0 Å². The SMILES string of the molecule is OCc1cccc(-c2cccc(CO)c2O)c1O. The largest absolute Gasteiger partial charge is 0.507 e. The molecule has 0 unspecified atom stereocenters. The normalized spacial score (nSPS) is 10.6. The number of para-hydroxylation sites is 2. The third-order valence-corrected chi connectivity index (χ3v) is 2.87. The molecule has 94 valence electrons. The van der Waals surface area contributed by atoms with E-state index in [0.717, 1.165) is 0 Å². The Morgan fingerprint density at radius 2 is 1.06 bits per heavy atom. The molecule has 0 atom stereocenters. The number of phenols is 2. The molecule has 0 saturated carbocycles. The molecule has 0 heterocycles. The molecule has 18 heavy (non-hydrogen) atoms. The van der Waals surface area contributed by atoms with Gasteiger partial charge in [-0.25, -0.2) is 0 Å². The topological polar surface area (TPSA) is 80.9 Å². The van der Waals surface area contributed by atoms with Crippen molar-refractivity contribution in [3.8, 4) is 22.6 Å². The Labute approximate surface area is 104 Å². The van der Waals surface area contributed by atoms with Gasteiger partial charge in [0, 0.05) is 22.3 Å². The standard InChI is InChI=1S/C14H14O4/c15-7-9-3-1-5-11(13(9)17)12-6-2-4-10(8-16)14(12)18/h1-6,15-18H,7-8H2. The summed E-state index contributed by atoms with van der Waals surface area (Å²) in [5.74, 6) is -0.129. The average molecular weight is 246 g/mol. The molecule has 0 bridgehead atoms. The smallest absolute Gasteiger partial charge is 0.129 e. The van der Waals surface area contributed by atoms with E-state index in [1.807, 2.05) is 0 Å². The summed E-state index contributed by atoms with van der Waals surface area (Å²) in [4.78, 5) is 0. The predicted molar refractivity (Wildman–Crippen MR) is 67.1 cm³/mol. The minimum absolute atomic E-state index is 0.0645. The summed E-state index contributed by atoms with van der Waals surface area (Å²) in [7, 11) is 0. The molecule has 4 nitrogen and oxygen atoms in total. The Hall–Kier alpha value is -2.04. The molecule has 4 heteroatoms. The van der Waals surface area contributed by atoms with E-state index in [9.17, 15) is 10.2 Å². The van der Waals surface area contributed by atoms with E-state index in [0.29, 0.717) is 22.3 Å². The van der Waals surface area contributed by atoms with Crippen molar-refractivity contribution in [1.82, 2.24) is 0 Å². The lowest BCUT2D eigenvalue weighted by atomic mass is 9.98. The van der Waals surface area contributed by atoms with Gasteiger partial charge in [0.25, 0.3) is 0 Å². The zero-order chi connectivity index (χ0) is 13.1. The fraction of sp³-hybridized carbons (Fsp3) is 0.143. The molecule has 4 N–H and O–H groups in total. The van der Waals surface area contributed by atoms with Crippen molar-refractivity contribution in [3.05, 3.63) is 47.5 Å². The van der Waals surface area contributed by atoms with Gasteiger partial charge in [-0.05, 0) is 0 Å². The Kier molecular flexibility index (Phi) is 3.50. The Morgan fingerprint density at radius 1 is 0.667 bits per heavy atom. The number of rotatable bonds is 3. The first-order valence-corrected chi connectivity index (χ1v) is 5.52. The molecule has 2 rings (SSSR count). The molecule has 0 aliphatic rings. The molecule has 0 aliphatic heterocycles. The zero-order valence-electron chi connectivity index (χ0n) is 9.67. The molecule has 0 saturated heterocycles. The maximum absolute atomic E-state index is 10.00. The van der Waals surface area contributed by atoms with Crippen LogP contribution in [0, 0.1) is 0 Å². The van der Waals surface area contributed by atoms with Crippen molar-refractivity contribution in [2.75, 3.05) is 0 Å². The minimum atomic E-state index is -0.278. The van der Waals surface area contributed by atoms with Gasteiger partial charge in [-0.2, -0.15) is 0 Å². The highest BCUT2D eigenvalue weighted by molar-refractivity contribution is 5.77. The molecule has 0 amide bonds. The molecule has 0 aromatic heterocycles. The molecule has 2 aromatic carbocycles. The van der Waals surface area contributed by atoms with Gasteiger partial charge >= 0.3 is 0 Å². The highest BCUT2D eigenvalue weighted by Gasteiger charge is 2.13. The van der Waals surface area contributed by atoms with E-state index in [-0.39, 0.29) is 24.7 Å². The quantitative estimate of drug-likeness (QED) is 0.665. The lowest BCUT2D eigenvalue weighted by molar-refractivity contribution is 0.274. The fourth-order valence-electron chi connectivity index (χ4n) is 1.87. The van der Waals surface area contributed by atoms with Crippen molar-refractivity contribution in [3.63, 3.8) is 0 Å². The Balaban J connectivity index is 2.62. The maximum Gasteiger partial charge on any atom is 0.129 e. The number of aliphatic hydroxyl groups excluding tert-OH is 2. The van der Waals surface area contributed by atoms with Crippen LogP contribution in [0.25, 0.3) is 11.1 Å². The van der Waals surface area contributed by atoms with Crippen LogP contribution in [0.5, 0.6) is 11.5 Å². The second-order valence-electron chi connectivity index (χ2n) is 3.94. The first kappa shape index (κ1) is 12.4. The number of hydrogen-bond donors (Lipinski definition) is 4. The van der Waals surface area contributed by atoms with Gasteiger partial charge in [-0.1, -0.05) is 36.4 Å². The van der Waals surface area contributed by atoms with Crippen molar-refractivity contribution < 1.29 is 20.4 Å². The average Bonchev–Trinajstić information content (AvgIpc) is 2.40. The zero-order valence-corrected chi connectivity index (χ0v) is 9.67. The maximum atomic E-state index is 10.00. The first-order valence-electron chi connectivity index (χ1n) is 5.52. The summed E-state index contributed by atoms with van der Waals surface area (Å²) in [6, 6.07) is 9.87. The van der Waals surface area contributed by atoms with Gasteiger partial charge in [-0.3, -0.25) is 0 Å². The molecule has 2 aromatic rings. The van der Waals surface area contributed by atoms with E-state index < -0.39 is 0 Å². The van der Waals surface area contributed by atoms with Crippen molar-refractivity contribution in [2.45, 2.75) is 13.2 Å². The summed E-state index contributed by atoms with van der Waals surface area (Å²) >= 11 is 0. The van der Waals surface area contributed by atoms with E-state index in [2.05, 4.69) is 0 Å². The Morgan fingerprint density at radius 3 is 1.39 bits per heavy atom. The van der Waals surface area contributed by atoms with Gasteiger partial charge in [0.05, 0.1) is 13.2 Å². The van der Waals surface area contributed by atoms with Gasteiger partial charge < -0.3 is 20.4 Å². The third kappa shape index (κ3) is 2.03. The molecule has 0 aliphatic carbocycles. The van der Waals surface area contributed by atoms with Crippen LogP contribution in [0.1, 0.15) is 11.1 Å². The highest BCUT2D eigenvalue weighted by Crippen LogP contribution is 2.38. The Bertz CT molecular complexity index is 512. The van der Waals surface area contributed by atoms with Gasteiger partial charge in [-0.15, -0.1) is 0 Å². The first-order chi connectivity index (χ1) is 8.69. The molecular formula is C14H14O4. The van der Waals surface area contributed by atoms with E-state index in [1.165, 1.54) is 0 Å². The van der Waals surface area contributed by atoms with Gasteiger partial charge in [0.1, 0.15) is 11.5 Å². The van der Waals surface area contributed by atoms with Crippen LogP contribution in [-0.2, 0) is 13.2 Å². The third-order valence-electron chi connectivity index (χ3n) is 2.87. The van der Waals surface area contributed by atoms with Crippen LogP contribution < -0.4 is 0 Å². The highest BCUT2D eigenvalue weighted by atomic mass is 16.3. The molecule has 0 fully saturated rings. The van der Waals surface area contributed by atoms with Crippen LogP contribution >= 0.6 is 0 Å². The number of aliphatic hydroxyl groups is 2.